The maximum absolute atomic E-state index is 9.63. The van der Waals surface area contributed by atoms with E-state index in [4.69, 9.17) is 51.1 Å². The van der Waals surface area contributed by atoms with E-state index in [-0.39, 0.29) is 0 Å². The molecule has 12 N–H and O–H groups in total. The number of carbonyl (C=O) groups excluding carboxylic acids is 3. The quantitative estimate of drug-likeness (QED) is 0.0394. The van der Waals surface area contributed by atoms with Crippen molar-refractivity contribution in [1.29, 1.82) is 0 Å². The SMILES string of the molecule is C=CC(=O)O.C=CC(=O)O.C=CC(=O)O.C=CC(=O)O.C=CC(=O)O.C=CC(=O)O.CCOC(N)=O.O=C=NCCCCCCN=C=O.OCC(CO)(CO)CO. The maximum Gasteiger partial charge on any atom is 0.404 e. The Labute approximate surface area is 328 Å². The van der Waals surface area contributed by atoms with E-state index in [9.17, 15) is 43.2 Å². The standard InChI is InChI=1S/C8H12N2O2.C5H12O4.C3H7NO2.6C3H4O2/c11-7-9-5-3-1-2-4-6-10-8-12;6-1-5(2-7,3-8)4-9;1-2-6-3(4)5;6*1-2-3(4)5/h1-6H2;6-9H,1-4H2;2H2,1H3,(H2,4,5);6*2H,1H2,(H,4,5). The average Bonchev–Trinajstić information content (AvgIpc) is 3.18. The minimum atomic E-state index is -1.11. The lowest BCUT2D eigenvalue weighted by molar-refractivity contribution is -0.132. The molecule has 0 fully saturated rings. The van der Waals surface area contributed by atoms with E-state index in [0.717, 1.165) is 62.1 Å². The van der Waals surface area contributed by atoms with Crippen molar-refractivity contribution in [2.45, 2.75) is 32.6 Å². The molecule has 0 aliphatic rings. The lowest BCUT2D eigenvalue weighted by Gasteiger charge is -2.23. The predicted octanol–water partition coefficient (Wildman–Crippen LogP) is 0.804. The zero-order valence-electron chi connectivity index (χ0n) is 31.5. The van der Waals surface area contributed by atoms with Crippen LogP contribution >= 0.6 is 0 Å². The first kappa shape index (κ1) is 71.5. The summed E-state index contributed by atoms with van der Waals surface area (Å²) in [5.41, 5.74) is 3.43. The molecule has 1 amide bonds. The van der Waals surface area contributed by atoms with Crippen molar-refractivity contribution >= 4 is 54.1 Å². The van der Waals surface area contributed by atoms with Crippen LogP contribution in [0.4, 0.5) is 4.79 Å². The van der Waals surface area contributed by atoms with Crippen LogP contribution < -0.4 is 5.73 Å². The van der Waals surface area contributed by atoms with Crippen molar-refractivity contribution in [1.82, 2.24) is 0 Å². The summed E-state index contributed by atoms with van der Waals surface area (Å²) >= 11 is 0. The second kappa shape index (κ2) is 64.1. The van der Waals surface area contributed by atoms with Gasteiger partial charge in [-0.05, 0) is 19.8 Å². The van der Waals surface area contributed by atoms with Crippen molar-refractivity contribution in [2.75, 3.05) is 46.1 Å². The number of carboxylic acids is 6. The van der Waals surface area contributed by atoms with E-state index in [1.807, 2.05) is 0 Å². The van der Waals surface area contributed by atoms with Gasteiger partial charge in [0.2, 0.25) is 12.2 Å². The number of hydrogen-bond donors (Lipinski definition) is 11. The molecule has 0 rings (SSSR count). The second-order valence-corrected chi connectivity index (χ2v) is 8.50. The Kier molecular flexibility index (Phi) is 80.5. The van der Waals surface area contributed by atoms with Gasteiger partial charge < -0.3 is 61.5 Å². The Balaban J connectivity index is -0.0000000666. The fourth-order valence-corrected chi connectivity index (χ4v) is 1.27. The third kappa shape index (κ3) is 129. The number of aliphatic imine (C=N–C) groups is 2. The van der Waals surface area contributed by atoms with E-state index < -0.39 is 73.8 Å². The highest BCUT2D eigenvalue weighted by Gasteiger charge is 2.26. The molecular weight excluding hydrogens is 770 g/mol. The van der Waals surface area contributed by atoms with Gasteiger partial charge in [0.1, 0.15) is 0 Å². The summed E-state index contributed by atoms with van der Waals surface area (Å²) in [7, 11) is 0. The van der Waals surface area contributed by atoms with Crippen LogP contribution in [0.3, 0.4) is 0 Å². The molecule has 0 spiro atoms. The van der Waals surface area contributed by atoms with Gasteiger partial charge >= 0.3 is 41.9 Å². The predicted molar refractivity (Wildman–Crippen MR) is 203 cm³/mol. The summed E-state index contributed by atoms with van der Waals surface area (Å²) < 4.78 is 4.18. The van der Waals surface area contributed by atoms with Crippen molar-refractivity contribution in [3.63, 3.8) is 0 Å². The van der Waals surface area contributed by atoms with Gasteiger partial charge in [-0.1, -0.05) is 52.3 Å². The number of carbonyl (C=O) groups is 7. The Morgan fingerprint density at radius 2 is 0.719 bits per heavy atom. The van der Waals surface area contributed by atoms with Gasteiger partial charge in [0, 0.05) is 36.5 Å². The van der Waals surface area contributed by atoms with Crippen molar-refractivity contribution < 1.29 is 99.0 Å². The Hall–Kier alpha value is -6.87. The molecule has 0 aromatic rings. The zero-order chi connectivity index (χ0) is 47.1. The van der Waals surface area contributed by atoms with Crippen LogP contribution in [0.2, 0.25) is 0 Å². The molecule has 0 aliphatic heterocycles. The van der Waals surface area contributed by atoms with Crippen molar-refractivity contribution in [3.8, 4) is 0 Å². The summed E-state index contributed by atoms with van der Waals surface area (Å²) in [6, 6.07) is 0. The van der Waals surface area contributed by atoms with E-state index >= 15 is 0 Å². The number of aliphatic hydroxyl groups is 4. The minimum Gasteiger partial charge on any atom is -0.478 e. The Bertz CT molecular complexity index is 1060. The van der Waals surface area contributed by atoms with E-state index in [2.05, 4.69) is 59.9 Å². The van der Waals surface area contributed by atoms with Crippen LogP contribution in [0.1, 0.15) is 32.6 Å². The monoisotopic (exact) mass is 825 g/mol. The van der Waals surface area contributed by atoms with Crippen LogP contribution in [0.25, 0.3) is 0 Å². The molecular formula is C34H55N3O20. The number of nitrogens with zero attached hydrogens (tertiary/aromatic N) is 2. The van der Waals surface area contributed by atoms with Gasteiger partial charge in [-0.2, -0.15) is 0 Å². The summed E-state index contributed by atoms with van der Waals surface area (Å²) in [5.74, 6) is -5.89. The number of rotatable bonds is 18. The molecule has 57 heavy (non-hydrogen) atoms. The van der Waals surface area contributed by atoms with Crippen LogP contribution in [0.5, 0.6) is 0 Å². The molecule has 0 atom stereocenters. The van der Waals surface area contributed by atoms with Crippen molar-refractivity contribution in [3.05, 3.63) is 75.9 Å². The summed E-state index contributed by atoms with van der Waals surface area (Å²) in [5, 5.41) is 79.6. The van der Waals surface area contributed by atoms with Crippen LogP contribution in [-0.2, 0) is 43.1 Å². The zero-order valence-corrected chi connectivity index (χ0v) is 31.5. The van der Waals surface area contributed by atoms with Crippen LogP contribution in [-0.4, -0.2) is 151 Å². The molecule has 0 aromatic carbocycles. The maximum atomic E-state index is 9.63. The molecule has 23 heteroatoms. The highest BCUT2D eigenvalue weighted by molar-refractivity contribution is 5.80. The molecule has 0 unspecified atom stereocenters. The Morgan fingerprint density at radius 1 is 0.526 bits per heavy atom. The molecule has 0 heterocycles. The first-order valence-electron chi connectivity index (χ1n) is 15.1. The fourth-order valence-electron chi connectivity index (χ4n) is 1.27. The van der Waals surface area contributed by atoms with Gasteiger partial charge in [0.15, 0.2) is 0 Å². The third-order valence-electron chi connectivity index (χ3n) is 4.09. The number of primary amides is 1. The molecule has 0 radical (unpaired) electrons. The Morgan fingerprint density at radius 3 is 0.789 bits per heavy atom. The minimum absolute atomic E-state index is 0.356. The molecule has 0 aromatic heterocycles. The fraction of sp³-hybridized carbons (Fsp3) is 0.382. The third-order valence-corrected chi connectivity index (χ3v) is 4.09. The number of aliphatic hydroxyl groups excluding tert-OH is 4. The first-order chi connectivity index (χ1) is 26.5. The van der Waals surface area contributed by atoms with Crippen molar-refractivity contribution in [2.24, 2.45) is 21.1 Å². The van der Waals surface area contributed by atoms with E-state index in [1.165, 1.54) is 12.2 Å². The second-order valence-electron chi connectivity index (χ2n) is 8.50. The molecule has 0 bridgehead atoms. The lowest BCUT2D eigenvalue weighted by atomic mass is 9.93. The highest BCUT2D eigenvalue weighted by Crippen LogP contribution is 2.11. The smallest absolute Gasteiger partial charge is 0.404 e. The first-order valence-corrected chi connectivity index (χ1v) is 15.1. The van der Waals surface area contributed by atoms with Gasteiger partial charge in [-0.3, -0.25) is 0 Å². The molecule has 0 saturated heterocycles. The molecule has 0 aliphatic carbocycles. The largest absolute Gasteiger partial charge is 0.478 e. The average molecular weight is 826 g/mol. The number of aliphatic carboxylic acids is 6. The van der Waals surface area contributed by atoms with Gasteiger partial charge in [-0.25, -0.2) is 53.1 Å². The van der Waals surface area contributed by atoms with Gasteiger partial charge in [-0.15, -0.1) is 0 Å². The normalized spacial score (nSPS) is 7.81. The van der Waals surface area contributed by atoms with Gasteiger partial charge in [0.05, 0.1) is 51.5 Å². The molecule has 0 saturated carbocycles. The highest BCUT2D eigenvalue weighted by atomic mass is 16.5. The number of hydrogen-bond acceptors (Lipinski definition) is 16. The lowest BCUT2D eigenvalue weighted by Crippen LogP contribution is -2.37. The van der Waals surface area contributed by atoms with E-state index in [0.29, 0.717) is 19.7 Å². The number of ether oxygens (including phenoxy) is 1. The summed E-state index contributed by atoms with van der Waals surface area (Å²) in [4.78, 5) is 91.2. The summed E-state index contributed by atoms with van der Waals surface area (Å²) in [6.07, 6.45) is 11.1. The van der Waals surface area contributed by atoms with Gasteiger partial charge in [0.25, 0.3) is 0 Å². The summed E-state index contributed by atoms with van der Waals surface area (Å²) in [6.45, 7) is 19.3. The van der Waals surface area contributed by atoms with E-state index in [1.54, 1.807) is 6.92 Å². The van der Waals surface area contributed by atoms with Crippen LogP contribution in [0, 0.1) is 5.41 Å². The number of amides is 1. The topological polar surface area (TPSA) is 416 Å². The number of nitrogens with two attached hydrogens (primary N) is 1. The molecule has 23 nitrogen and oxygen atoms in total. The number of isocyanates is 2. The molecule has 326 valence electrons. The number of unbranched alkanes of at least 4 members (excludes halogenated alkanes) is 3. The number of carboxylic acid groups (broad SMARTS) is 6. The van der Waals surface area contributed by atoms with Crippen LogP contribution in [0.15, 0.2) is 85.9 Å².